The van der Waals surface area contributed by atoms with Gasteiger partial charge in [-0.3, -0.25) is 0 Å². The van der Waals surface area contributed by atoms with Gasteiger partial charge in [-0.05, 0) is 51.7 Å². The second-order valence-electron chi connectivity index (χ2n) is 9.18. The van der Waals surface area contributed by atoms with Gasteiger partial charge in [0.15, 0.2) is 11.5 Å². The van der Waals surface area contributed by atoms with Crippen molar-refractivity contribution in [3.63, 3.8) is 0 Å². The van der Waals surface area contributed by atoms with Gasteiger partial charge in [0.05, 0.1) is 25.5 Å². The number of nitrogens with zero attached hydrogens (tertiary/aromatic N) is 3. The van der Waals surface area contributed by atoms with E-state index in [1.54, 1.807) is 23.9 Å². The van der Waals surface area contributed by atoms with Crippen LogP contribution in [-0.4, -0.2) is 35.0 Å². The standard InChI is InChI=1S/C31H25ClN4O4/c1-38-26-16-21(12-15-25(26)40-17-22-8-5-7-19-6-3-4-9-24(19)22)29-27(30(37)39-2)28(20-10-13-23(32)14-11-20)35-31-33-18-34-36(29)31/h3-16,18,29H,17H2,1-2H3,(H,33,34,35)/t29-/m0/s1. The Labute approximate surface area is 235 Å². The molecule has 0 unspecified atom stereocenters. The van der Waals surface area contributed by atoms with Gasteiger partial charge in [-0.15, -0.1) is 0 Å². The van der Waals surface area contributed by atoms with Crippen molar-refractivity contribution in [1.29, 1.82) is 0 Å². The highest BCUT2D eigenvalue weighted by molar-refractivity contribution is 6.30. The molecule has 0 spiro atoms. The summed E-state index contributed by atoms with van der Waals surface area (Å²) in [7, 11) is 2.94. The normalized spacial score (nSPS) is 14.4. The second kappa shape index (κ2) is 10.7. The molecule has 0 bridgehead atoms. The lowest BCUT2D eigenvalue weighted by Crippen LogP contribution is -2.29. The molecule has 0 aliphatic carbocycles. The van der Waals surface area contributed by atoms with E-state index in [1.165, 1.54) is 13.4 Å². The van der Waals surface area contributed by atoms with E-state index in [0.717, 1.165) is 27.5 Å². The van der Waals surface area contributed by atoms with E-state index in [9.17, 15) is 4.79 Å². The lowest BCUT2D eigenvalue weighted by molar-refractivity contribution is -0.136. The molecule has 6 rings (SSSR count). The number of methoxy groups -OCH3 is 2. The first-order valence-electron chi connectivity index (χ1n) is 12.6. The van der Waals surface area contributed by atoms with Crippen LogP contribution in [0.2, 0.25) is 5.02 Å². The van der Waals surface area contributed by atoms with E-state index < -0.39 is 12.0 Å². The predicted molar refractivity (Wildman–Crippen MR) is 153 cm³/mol. The zero-order chi connectivity index (χ0) is 27.6. The van der Waals surface area contributed by atoms with Crippen molar-refractivity contribution >= 4 is 40.0 Å². The smallest absolute Gasteiger partial charge is 0.338 e. The third-order valence-electron chi connectivity index (χ3n) is 6.90. The summed E-state index contributed by atoms with van der Waals surface area (Å²) in [6.45, 7) is 0.367. The van der Waals surface area contributed by atoms with Crippen molar-refractivity contribution in [3.8, 4) is 11.5 Å². The highest BCUT2D eigenvalue weighted by Gasteiger charge is 2.36. The highest BCUT2D eigenvalue weighted by atomic mass is 35.5. The molecule has 1 N–H and O–H groups in total. The van der Waals surface area contributed by atoms with Gasteiger partial charge in [-0.25, -0.2) is 9.48 Å². The van der Waals surface area contributed by atoms with Crippen LogP contribution >= 0.6 is 11.6 Å². The maximum absolute atomic E-state index is 13.3. The molecule has 0 saturated carbocycles. The molecule has 0 fully saturated rings. The molecule has 40 heavy (non-hydrogen) atoms. The number of anilines is 1. The second-order valence-corrected chi connectivity index (χ2v) is 9.62. The number of fused-ring (bicyclic) bond motifs is 2. The first-order chi connectivity index (χ1) is 19.6. The summed E-state index contributed by atoms with van der Waals surface area (Å²) in [5.41, 5.74) is 3.50. The molecule has 0 saturated heterocycles. The number of carbonyl (C=O) groups excluding carboxylic acids is 1. The number of carbonyl (C=O) groups is 1. The summed E-state index contributed by atoms with van der Waals surface area (Å²) < 4.78 is 18.8. The SMILES string of the molecule is COC(=O)C1=C(c2ccc(Cl)cc2)Nc2ncnn2[C@H]1c1ccc(OCc2cccc3ccccc23)c(OC)c1. The van der Waals surface area contributed by atoms with Gasteiger partial charge in [0.25, 0.3) is 0 Å². The number of nitrogens with one attached hydrogen (secondary N) is 1. The summed E-state index contributed by atoms with van der Waals surface area (Å²) >= 11 is 6.13. The molecule has 1 aromatic heterocycles. The Morgan fingerprint density at radius 3 is 2.58 bits per heavy atom. The lowest BCUT2D eigenvalue weighted by Gasteiger charge is -2.29. The summed E-state index contributed by atoms with van der Waals surface area (Å²) in [6, 6.07) is 26.5. The van der Waals surface area contributed by atoms with Crippen LogP contribution in [0.5, 0.6) is 11.5 Å². The van der Waals surface area contributed by atoms with Crippen LogP contribution in [0.3, 0.4) is 0 Å². The van der Waals surface area contributed by atoms with Gasteiger partial charge in [0.1, 0.15) is 19.0 Å². The van der Waals surface area contributed by atoms with Crippen molar-refractivity contribution in [2.75, 3.05) is 19.5 Å². The van der Waals surface area contributed by atoms with Crippen LogP contribution in [0.4, 0.5) is 5.95 Å². The van der Waals surface area contributed by atoms with E-state index in [2.05, 4.69) is 39.7 Å². The highest BCUT2D eigenvalue weighted by Crippen LogP contribution is 2.41. The Balaban J connectivity index is 1.40. The fourth-order valence-electron chi connectivity index (χ4n) is 4.99. The lowest BCUT2D eigenvalue weighted by atomic mass is 9.92. The van der Waals surface area contributed by atoms with E-state index in [0.29, 0.717) is 40.3 Å². The van der Waals surface area contributed by atoms with Gasteiger partial charge in [0, 0.05) is 5.02 Å². The summed E-state index contributed by atoms with van der Waals surface area (Å²) in [5.74, 6) is 1.08. The van der Waals surface area contributed by atoms with Gasteiger partial charge in [-0.1, -0.05) is 72.3 Å². The third kappa shape index (κ3) is 4.63. The van der Waals surface area contributed by atoms with Crippen molar-refractivity contribution < 1.29 is 19.0 Å². The first-order valence-corrected chi connectivity index (χ1v) is 13.0. The number of aromatic nitrogens is 3. The molecule has 0 amide bonds. The Bertz CT molecular complexity index is 1740. The molecule has 5 aromatic rings. The molecule has 4 aromatic carbocycles. The molecule has 9 heteroatoms. The molecular weight excluding hydrogens is 528 g/mol. The van der Waals surface area contributed by atoms with Crippen LogP contribution in [-0.2, 0) is 16.1 Å². The number of esters is 1. The first kappa shape index (κ1) is 25.5. The predicted octanol–water partition coefficient (Wildman–Crippen LogP) is 6.27. The van der Waals surface area contributed by atoms with Crippen LogP contribution in [0.1, 0.15) is 22.7 Å². The molecule has 1 atom stereocenters. The summed E-state index contributed by atoms with van der Waals surface area (Å²) in [5, 5.41) is 10.5. The minimum absolute atomic E-state index is 0.367. The van der Waals surface area contributed by atoms with Crippen LogP contribution < -0.4 is 14.8 Å². The van der Waals surface area contributed by atoms with Gasteiger partial charge < -0.3 is 19.5 Å². The Hall–Kier alpha value is -4.82. The van der Waals surface area contributed by atoms with Gasteiger partial charge in [-0.2, -0.15) is 10.1 Å². The molecule has 1 aliphatic rings. The summed E-state index contributed by atoms with van der Waals surface area (Å²) in [6.07, 6.45) is 1.44. The van der Waals surface area contributed by atoms with Crippen molar-refractivity contribution in [2.24, 2.45) is 0 Å². The molecule has 1 aliphatic heterocycles. The quantitative estimate of drug-likeness (QED) is 0.238. The third-order valence-corrected chi connectivity index (χ3v) is 7.15. The number of rotatable bonds is 7. The Morgan fingerprint density at radius 2 is 1.77 bits per heavy atom. The zero-order valence-corrected chi connectivity index (χ0v) is 22.6. The molecule has 8 nitrogen and oxygen atoms in total. The molecule has 0 radical (unpaired) electrons. The molecule has 200 valence electrons. The van der Waals surface area contributed by atoms with E-state index in [-0.39, 0.29) is 0 Å². The maximum Gasteiger partial charge on any atom is 0.338 e. The molecule has 2 heterocycles. The zero-order valence-electron chi connectivity index (χ0n) is 21.8. The van der Waals surface area contributed by atoms with E-state index >= 15 is 0 Å². The number of hydrogen-bond donors (Lipinski definition) is 1. The maximum atomic E-state index is 13.3. The number of benzene rings is 4. The van der Waals surface area contributed by atoms with Gasteiger partial charge in [0.2, 0.25) is 5.95 Å². The number of hydrogen-bond acceptors (Lipinski definition) is 7. The van der Waals surface area contributed by atoms with Crippen LogP contribution in [0.15, 0.2) is 96.8 Å². The average Bonchev–Trinajstić information content (AvgIpc) is 3.47. The minimum Gasteiger partial charge on any atom is -0.493 e. The fraction of sp³-hybridized carbons (Fsp3) is 0.129. The van der Waals surface area contributed by atoms with Crippen LogP contribution in [0, 0.1) is 0 Å². The van der Waals surface area contributed by atoms with E-state index in [4.69, 9.17) is 25.8 Å². The number of ether oxygens (including phenoxy) is 3. The largest absolute Gasteiger partial charge is 0.493 e. The Kier molecular flexibility index (Phi) is 6.84. The monoisotopic (exact) mass is 552 g/mol. The van der Waals surface area contributed by atoms with Gasteiger partial charge >= 0.3 is 5.97 Å². The minimum atomic E-state index is -0.641. The van der Waals surface area contributed by atoms with Crippen LogP contribution in [0.25, 0.3) is 16.5 Å². The average molecular weight is 553 g/mol. The van der Waals surface area contributed by atoms with Crippen molar-refractivity contribution in [3.05, 3.63) is 119 Å². The summed E-state index contributed by atoms with van der Waals surface area (Å²) in [4.78, 5) is 17.6. The Morgan fingerprint density at radius 1 is 0.975 bits per heavy atom. The molecular formula is C31H25ClN4O4. The topological polar surface area (TPSA) is 87.5 Å². The van der Waals surface area contributed by atoms with Crippen molar-refractivity contribution in [2.45, 2.75) is 12.6 Å². The number of halogens is 1. The fourth-order valence-corrected chi connectivity index (χ4v) is 5.12. The van der Waals surface area contributed by atoms with E-state index in [1.807, 2.05) is 48.5 Å². The van der Waals surface area contributed by atoms with Crippen molar-refractivity contribution in [1.82, 2.24) is 14.8 Å².